The number of aliphatic hydroxyl groups excluding tert-OH is 1. The van der Waals surface area contributed by atoms with E-state index in [2.05, 4.69) is 41.5 Å². The number of hydrogen-bond donors (Lipinski definition) is 3. The molecule has 0 aromatic carbocycles. The second-order valence-corrected chi connectivity index (χ2v) is 30.5. The molecular formula is C74H144O17P2. The Bertz CT molecular complexity index is 1800. The van der Waals surface area contributed by atoms with E-state index in [4.69, 9.17) is 37.0 Å². The molecule has 2 unspecified atom stereocenters. The van der Waals surface area contributed by atoms with Crippen LogP contribution in [0.4, 0.5) is 0 Å². The fourth-order valence-corrected chi connectivity index (χ4v) is 12.9. The van der Waals surface area contributed by atoms with Crippen LogP contribution in [0.15, 0.2) is 0 Å². The van der Waals surface area contributed by atoms with E-state index in [-0.39, 0.29) is 25.7 Å². The first-order chi connectivity index (χ1) is 44.9. The lowest BCUT2D eigenvalue weighted by Crippen LogP contribution is -2.30. The maximum absolute atomic E-state index is 13.1. The Morgan fingerprint density at radius 1 is 0.290 bits per heavy atom. The van der Waals surface area contributed by atoms with Gasteiger partial charge in [0, 0.05) is 25.7 Å². The standard InChI is InChI=1S/C74H144O17P2/c1-7-9-11-13-15-17-19-20-21-22-23-24-25-26-29-34-40-46-52-58-73(78)90-69(62-85-72(77)57-51-45-39-33-30-27-28-31-36-42-48-54-66(3)4)64-88-92(80,81)86-60-68(75)61-87-93(82,83)89-65-70(91-74(79)59-53-47-41-35-37-43-49-55-67(5)6)63-84-71(76)56-50-44-38-32-18-16-14-12-10-8-2/h66-70,75H,7-65H2,1-6H3,(H,80,81)(H,82,83)/t68-,69-,70-/m1/s1. The number of aliphatic hydroxyl groups is 1. The van der Waals surface area contributed by atoms with Crippen molar-refractivity contribution in [3.8, 4) is 0 Å². The molecule has 17 nitrogen and oxygen atoms in total. The van der Waals surface area contributed by atoms with Crippen LogP contribution in [0.1, 0.15) is 382 Å². The predicted molar refractivity (Wildman–Crippen MR) is 377 cm³/mol. The lowest BCUT2D eigenvalue weighted by Gasteiger charge is -2.21. The third-order valence-electron chi connectivity index (χ3n) is 17.2. The third-order valence-corrected chi connectivity index (χ3v) is 19.1. The third kappa shape index (κ3) is 68.4. The fraction of sp³-hybridized carbons (Fsp3) is 0.946. The van der Waals surface area contributed by atoms with Crippen molar-refractivity contribution in [2.75, 3.05) is 39.6 Å². The highest BCUT2D eigenvalue weighted by molar-refractivity contribution is 7.47. The summed E-state index contributed by atoms with van der Waals surface area (Å²) in [5, 5.41) is 10.6. The van der Waals surface area contributed by atoms with Gasteiger partial charge >= 0.3 is 39.5 Å². The molecule has 0 aromatic heterocycles. The zero-order valence-electron chi connectivity index (χ0n) is 60.6. The van der Waals surface area contributed by atoms with E-state index in [1.807, 2.05) is 0 Å². The van der Waals surface area contributed by atoms with Crippen LogP contribution >= 0.6 is 15.6 Å². The fourth-order valence-electron chi connectivity index (χ4n) is 11.3. The first-order valence-electron chi connectivity index (χ1n) is 38.5. The van der Waals surface area contributed by atoms with Gasteiger partial charge in [0.25, 0.3) is 0 Å². The van der Waals surface area contributed by atoms with E-state index in [0.717, 1.165) is 95.8 Å². The molecule has 3 N–H and O–H groups in total. The molecule has 0 radical (unpaired) electrons. The van der Waals surface area contributed by atoms with Gasteiger partial charge in [0.2, 0.25) is 0 Å². The summed E-state index contributed by atoms with van der Waals surface area (Å²) in [5.74, 6) is -0.654. The number of hydrogen-bond acceptors (Lipinski definition) is 15. The molecule has 0 saturated heterocycles. The summed E-state index contributed by atoms with van der Waals surface area (Å²) in [6.07, 6.45) is 52.9. The summed E-state index contributed by atoms with van der Waals surface area (Å²) < 4.78 is 68.4. The molecule has 5 atom stereocenters. The van der Waals surface area contributed by atoms with Crippen LogP contribution in [0.3, 0.4) is 0 Å². The first-order valence-corrected chi connectivity index (χ1v) is 41.5. The number of phosphoric ester groups is 2. The quantitative estimate of drug-likeness (QED) is 0.0222. The smallest absolute Gasteiger partial charge is 0.462 e. The first kappa shape index (κ1) is 91.1. The van der Waals surface area contributed by atoms with Gasteiger partial charge in [0.1, 0.15) is 19.3 Å². The number of carbonyl (C=O) groups is 4. The topological polar surface area (TPSA) is 237 Å². The van der Waals surface area contributed by atoms with Gasteiger partial charge in [-0.05, 0) is 37.5 Å². The number of rotatable bonds is 73. The van der Waals surface area contributed by atoms with Gasteiger partial charge in [0.15, 0.2) is 12.2 Å². The Labute approximate surface area is 568 Å². The number of esters is 4. The molecule has 19 heteroatoms. The van der Waals surface area contributed by atoms with E-state index >= 15 is 0 Å². The highest BCUT2D eigenvalue weighted by Crippen LogP contribution is 2.45. The molecule has 0 bridgehead atoms. The normalized spacial score (nSPS) is 14.1. The summed E-state index contributed by atoms with van der Waals surface area (Å²) in [4.78, 5) is 72.7. The Balaban J connectivity index is 5.21. The average molecular weight is 1370 g/mol. The van der Waals surface area contributed by atoms with Crippen molar-refractivity contribution in [1.82, 2.24) is 0 Å². The van der Waals surface area contributed by atoms with Crippen LogP contribution in [-0.4, -0.2) is 96.7 Å². The summed E-state index contributed by atoms with van der Waals surface area (Å²) in [6, 6.07) is 0. The Morgan fingerprint density at radius 3 is 0.731 bits per heavy atom. The largest absolute Gasteiger partial charge is 0.472 e. The molecule has 0 aliphatic carbocycles. The van der Waals surface area contributed by atoms with Gasteiger partial charge in [-0.3, -0.25) is 37.3 Å². The van der Waals surface area contributed by atoms with Crippen LogP contribution in [-0.2, 0) is 65.4 Å². The lowest BCUT2D eigenvalue weighted by molar-refractivity contribution is -0.161. The maximum Gasteiger partial charge on any atom is 0.472 e. The minimum atomic E-state index is -4.96. The number of phosphoric acid groups is 2. The van der Waals surface area contributed by atoms with Gasteiger partial charge in [-0.2, -0.15) is 0 Å². The number of ether oxygens (including phenoxy) is 4. The second-order valence-electron chi connectivity index (χ2n) is 27.6. The predicted octanol–water partition coefficient (Wildman–Crippen LogP) is 21.6. The summed E-state index contributed by atoms with van der Waals surface area (Å²) in [6.45, 7) is 9.51. The van der Waals surface area contributed by atoms with Crippen molar-refractivity contribution in [3.05, 3.63) is 0 Å². The van der Waals surface area contributed by atoms with Crippen LogP contribution < -0.4 is 0 Å². The Morgan fingerprint density at radius 2 is 0.495 bits per heavy atom. The minimum Gasteiger partial charge on any atom is -0.462 e. The highest BCUT2D eigenvalue weighted by atomic mass is 31.2. The number of carbonyl (C=O) groups excluding carboxylic acids is 4. The van der Waals surface area contributed by atoms with E-state index < -0.39 is 97.5 Å². The molecule has 0 spiro atoms. The zero-order chi connectivity index (χ0) is 68.6. The molecule has 0 aromatic rings. The molecule has 0 fully saturated rings. The summed E-state index contributed by atoms with van der Waals surface area (Å²) in [5.41, 5.74) is 0. The molecular weight excluding hydrogens is 1220 g/mol. The Hall–Kier alpha value is -1.94. The second kappa shape index (κ2) is 66.0. The van der Waals surface area contributed by atoms with Crippen LogP contribution in [0.5, 0.6) is 0 Å². The highest BCUT2D eigenvalue weighted by Gasteiger charge is 2.30. The lowest BCUT2D eigenvalue weighted by atomic mass is 10.0. The van der Waals surface area contributed by atoms with E-state index in [9.17, 15) is 43.2 Å². The van der Waals surface area contributed by atoms with Crippen LogP contribution in [0.2, 0.25) is 0 Å². The van der Waals surface area contributed by atoms with Crippen molar-refractivity contribution in [2.24, 2.45) is 11.8 Å². The van der Waals surface area contributed by atoms with Crippen LogP contribution in [0, 0.1) is 11.8 Å². The average Bonchev–Trinajstić information content (AvgIpc) is 1.64. The number of unbranched alkanes of at least 4 members (excludes halogenated alkanes) is 43. The van der Waals surface area contributed by atoms with Gasteiger partial charge in [0.05, 0.1) is 26.4 Å². The zero-order valence-corrected chi connectivity index (χ0v) is 62.3. The molecule has 552 valence electrons. The molecule has 93 heavy (non-hydrogen) atoms. The van der Waals surface area contributed by atoms with E-state index in [1.54, 1.807) is 0 Å². The maximum atomic E-state index is 13.1. The van der Waals surface area contributed by atoms with Gasteiger partial charge in [-0.1, -0.05) is 330 Å². The minimum absolute atomic E-state index is 0.104. The summed E-state index contributed by atoms with van der Waals surface area (Å²) in [7, 11) is -9.90. The monoisotopic (exact) mass is 1370 g/mol. The van der Waals surface area contributed by atoms with Crippen LogP contribution in [0.25, 0.3) is 0 Å². The van der Waals surface area contributed by atoms with E-state index in [0.29, 0.717) is 31.6 Å². The molecule has 0 rings (SSSR count). The van der Waals surface area contributed by atoms with Crippen molar-refractivity contribution in [1.29, 1.82) is 0 Å². The molecule has 0 aliphatic rings. The van der Waals surface area contributed by atoms with Crippen molar-refractivity contribution in [2.45, 2.75) is 400 Å². The Kier molecular flexibility index (Phi) is 64.6. The summed E-state index contributed by atoms with van der Waals surface area (Å²) >= 11 is 0. The van der Waals surface area contributed by atoms with Crippen molar-refractivity contribution >= 4 is 39.5 Å². The molecule has 0 amide bonds. The van der Waals surface area contributed by atoms with Crippen molar-refractivity contribution < 1.29 is 80.2 Å². The van der Waals surface area contributed by atoms with E-state index in [1.165, 1.54) is 199 Å². The van der Waals surface area contributed by atoms with Crippen molar-refractivity contribution in [3.63, 3.8) is 0 Å². The molecule has 0 heterocycles. The molecule has 0 aliphatic heterocycles. The SMILES string of the molecule is CCCCCCCCCCCCCCCCCCCCCC(=O)O[C@H](COC(=O)CCCCCCCCCCCCCC(C)C)COP(=O)(O)OC[C@@H](O)COP(=O)(O)OC[C@@H](COC(=O)CCCCCCCCCCCC)OC(=O)CCCCCCCCCC(C)C. The molecule has 0 saturated carbocycles. The van der Waals surface area contributed by atoms with Gasteiger partial charge in [-0.15, -0.1) is 0 Å². The van der Waals surface area contributed by atoms with Gasteiger partial charge < -0.3 is 33.8 Å². The van der Waals surface area contributed by atoms with Gasteiger partial charge in [-0.25, -0.2) is 9.13 Å².